The molecule has 0 spiro atoms. The molecule has 1 aliphatic heterocycles. The number of rotatable bonds is 6. The number of benzene rings is 3. The van der Waals surface area contributed by atoms with Crippen LogP contribution in [0.1, 0.15) is 35.4 Å². The highest BCUT2D eigenvalue weighted by Crippen LogP contribution is 2.39. The maximum Gasteiger partial charge on any atom is 0.511 e. The Bertz CT molecular complexity index is 1740. The van der Waals surface area contributed by atoms with Gasteiger partial charge in [-0.25, -0.2) is 8.42 Å². The highest BCUT2D eigenvalue weighted by molar-refractivity contribution is 9.10. The second-order valence-corrected chi connectivity index (χ2v) is 13.8. The summed E-state index contributed by atoms with van der Waals surface area (Å²) in [5, 5.41) is 5.24. The Morgan fingerprint density at radius 2 is 1.43 bits per heavy atom. The molecule has 13 heteroatoms. The molecule has 42 heavy (non-hydrogen) atoms. The number of piperidine rings is 1. The van der Waals surface area contributed by atoms with Crippen LogP contribution in [0.4, 0.5) is 18.9 Å². The number of aromatic nitrogens is 1. The van der Waals surface area contributed by atoms with Gasteiger partial charge in [-0.1, -0.05) is 47.5 Å². The van der Waals surface area contributed by atoms with Crippen molar-refractivity contribution in [2.24, 2.45) is 7.05 Å². The Morgan fingerprint density at radius 1 is 0.905 bits per heavy atom. The van der Waals surface area contributed by atoms with Gasteiger partial charge < -0.3 is 9.88 Å². The third kappa shape index (κ3) is 6.07. The summed E-state index contributed by atoms with van der Waals surface area (Å²) in [7, 11) is -3.73. The van der Waals surface area contributed by atoms with Gasteiger partial charge >= 0.3 is 15.5 Å². The Balaban J connectivity index is 1.56. The maximum absolute atomic E-state index is 13.0. The summed E-state index contributed by atoms with van der Waals surface area (Å²) in [4.78, 5) is 12.9. The number of alkyl halides is 3. The van der Waals surface area contributed by atoms with Crippen LogP contribution in [-0.4, -0.2) is 41.9 Å². The van der Waals surface area contributed by atoms with Gasteiger partial charge in [0.05, 0.1) is 5.52 Å². The van der Waals surface area contributed by atoms with Crippen molar-refractivity contribution in [2.75, 3.05) is 18.4 Å². The smallest absolute Gasteiger partial charge is 0.382 e. The van der Waals surface area contributed by atoms with Crippen molar-refractivity contribution < 1.29 is 21.6 Å². The highest BCUT2D eigenvalue weighted by Gasteiger charge is 2.50. The molecule has 6 nitrogen and oxygen atoms in total. The molecule has 222 valence electrons. The highest BCUT2D eigenvalue weighted by atomic mass is 79.9. The zero-order valence-electron chi connectivity index (χ0n) is 22.1. The molecule has 0 aliphatic carbocycles. The molecular formula is C29H25BrCl2F3N3O3S. The van der Waals surface area contributed by atoms with Gasteiger partial charge in [-0.2, -0.15) is 17.5 Å². The summed E-state index contributed by atoms with van der Waals surface area (Å²) in [6.45, 7) is -0.571. The predicted molar refractivity (Wildman–Crippen MR) is 164 cm³/mol. The molecule has 5 rings (SSSR count). The number of sulfonamides is 1. The number of hydrogen-bond acceptors (Lipinski definition) is 4. The third-order valence-corrected chi connectivity index (χ3v) is 10.2. The lowest BCUT2D eigenvalue weighted by molar-refractivity contribution is -0.0494. The van der Waals surface area contributed by atoms with E-state index in [0.717, 1.165) is 22.1 Å². The number of nitrogens with zero attached hydrogens (tertiary/aromatic N) is 2. The van der Waals surface area contributed by atoms with Crippen LogP contribution in [0.25, 0.3) is 10.9 Å². The molecule has 1 aliphatic rings. The number of aryl methyl sites for hydroxylation is 1. The van der Waals surface area contributed by atoms with Crippen LogP contribution in [0.3, 0.4) is 0 Å². The van der Waals surface area contributed by atoms with Crippen molar-refractivity contribution in [3.8, 4) is 0 Å². The average Bonchev–Trinajstić information content (AvgIpc) is 2.93. The zero-order chi connectivity index (χ0) is 30.4. The largest absolute Gasteiger partial charge is 0.511 e. The minimum atomic E-state index is -5.39. The summed E-state index contributed by atoms with van der Waals surface area (Å²) < 4.78 is 65.5. The summed E-state index contributed by atoms with van der Waals surface area (Å²) in [5.74, 6) is -0.221. The summed E-state index contributed by atoms with van der Waals surface area (Å²) >= 11 is 16.0. The number of fused-ring (bicyclic) bond motifs is 1. The Labute approximate surface area is 259 Å². The normalized spacial score (nSPS) is 15.4. The van der Waals surface area contributed by atoms with Gasteiger partial charge in [0, 0.05) is 63.8 Å². The molecule has 0 saturated carbocycles. The first kappa shape index (κ1) is 30.9. The first-order valence-corrected chi connectivity index (χ1v) is 15.9. The van der Waals surface area contributed by atoms with E-state index in [4.69, 9.17) is 23.2 Å². The van der Waals surface area contributed by atoms with E-state index in [-0.39, 0.29) is 43.5 Å². The second-order valence-electron chi connectivity index (χ2n) is 10.2. The van der Waals surface area contributed by atoms with Crippen molar-refractivity contribution in [3.63, 3.8) is 0 Å². The topological polar surface area (TPSA) is 71.4 Å². The van der Waals surface area contributed by atoms with E-state index in [0.29, 0.717) is 30.0 Å². The molecular weight excluding hydrogens is 678 g/mol. The second kappa shape index (κ2) is 11.8. The zero-order valence-corrected chi connectivity index (χ0v) is 26.0. The molecule has 1 fully saturated rings. The predicted octanol–water partition coefficient (Wildman–Crippen LogP) is 7.51. The van der Waals surface area contributed by atoms with Gasteiger partial charge in [0.25, 0.3) is 5.56 Å². The third-order valence-electron chi connectivity index (χ3n) is 7.50. The minimum Gasteiger partial charge on any atom is -0.382 e. The van der Waals surface area contributed by atoms with Gasteiger partial charge in [0.15, 0.2) is 0 Å². The van der Waals surface area contributed by atoms with Gasteiger partial charge in [-0.15, -0.1) is 0 Å². The van der Waals surface area contributed by atoms with E-state index in [9.17, 15) is 26.4 Å². The van der Waals surface area contributed by atoms with Crippen molar-refractivity contribution in [2.45, 2.75) is 30.3 Å². The van der Waals surface area contributed by atoms with Gasteiger partial charge in [0.1, 0.15) is 0 Å². The molecule has 4 aromatic rings. The lowest BCUT2D eigenvalue weighted by Gasteiger charge is -2.32. The summed E-state index contributed by atoms with van der Waals surface area (Å²) in [6, 6.07) is 20.1. The van der Waals surface area contributed by atoms with Crippen molar-refractivity contribution in [3.05, 3.63) is 108 Å². The van der Waals surface area contributed by atoms with Crippen LogP contribution in [0.5, 0.6) is 0 Å². The van der Waals surface area contributed by atoms with Crippen LogP contribution in [0.15, 0.2) is 76.0 Å². The van der Waals surface area contributed by atoms with Crippen molar-refractivity contribution in [1.82, 2.24) is 8.87 Å². The van der Waals surface area contributed by atoms with Crippen LogP contribution >= 0.6 is 39.1 Å². The first-order chi connectivity index (χ1) is 19.8. The molecule has 1 aromatic heterocycles. The average molecular weight is 703 g/mol. The molecule has 0 unspecified atom stereocenters. The standard InChI is InChI=1S/C29H25BrCl2F3N3O3S/c1-37-26(39)16-25(36-22-10-12-38(13-11-22)42(40,41)29(33,34)35)23-14-19(15-24(30)28(23)37)27(17-2-6-20(31)7-3-17)18-4-8-21(32)9-5-18/h2-9,14-16,22,27,36H,10-13H2,1H3. The number of nitrogens with one attached hydrogen (secondary N) is 1. The minimum absolute atomic E-state index is 0.144. The Morgan fingerprint density at radius 3 is 1.93 bits per heavy atom. The van der Waals surface area contributed by atoms with Crippen LogP contribution in [0, 0.1) is 0 Å². The number of pyridine rings is 1. The van der Waals surface area contributed by atoms with E-state index in [1.54, 1.807) is 7.05 Å². The van der Waals surface area contributed by atoms with Crippen LogP contribution < -0.4 is 10.9 Å². The molecule has 1 saturated heterocycles. The monoisotopic (exact) mass is 701 g/mol. The summed E-state index contributed by atoms with van der Waals surface area (Å²) in [6.07, 6.45) is 0.288. The summed E-state index contributed by atoms with van der Waals surface area (Å²) in [5.41, 5.74) is -1.61. The number of anilines is 1. The lowest BCUT2D eigenvalue weighted by Crippen LogP contribution is -2.47. The van der Waals surface area contributed by atoms with Crippen molar-refractivity contribution in [1.29, 1.82) is 0 Å². The Kier molecular flexibility index (Phi) is 8.70. The quantitative estimate of drug-likeness (QED) is 0.211. The SMILES string of the molecule is Cn1c(=O)cc(NC2CCN(S(=O)(=O)C(F)(F)F)CC2)c2cc(C(c3ccc(Cl)cc3)c3ccc(Cl)cc3)cc(Br)c21. The lowest BCUT2D eigenvalue weighted by atomic mass is 9.84. The number of halogens is 6. The van der Waals surface area contributed by atoms with E-state index in [2.05, 4.69) is 21.2 Å². The van der Waals surface area contributed by atoms with Gasteiger partial charge in [-0.05, 0) is 81.9 Å². The molecule has 0 radical (unpaired) electrons. The van der Waals surface area contributed by atoms with Crippen molar-refractivity contribution >= 4 is 65.7 Å². The number of hydrogen-bond donors (Lipinski definition) is 1. The van der Waals surface area contributed by atoms with Gasteiger partial charge in [0.2, 0.25) is 0 Å². The van der Waals surface area contributed by atoms with Gasteiger partial charge in [-0.3, -0.25) is 4.79 Å². The fourth-order valence-electron chi connectivity index (χ4n) is 5.36. The fourth-order valence-corrected chi connectivity index (χ4v) is 7.34. The van der Waals surface area contributed by atoms with Crippen LogP contribution in [0.2, 0.25) is 10.0 Å². The maximum atomic E-state index is 13.0. The Hall–Kier alpha value is -2.57. The van der Waals surface area contributed by atoms with E-state index in [1.165, 1.54) is 10.6 Å². The molecule has 3 aromatic carbocycles. The van der Waals surface area contributed by atoms with E-state index < -0.39 is 15.5 Å². The first-order valence-electron chi connectivity index (χ1n) is 12.9. The fraction of sp³-hybridized carbons (Fsp3) is 0.276. The molecule has 0 bridgehead atoms. The molecule has 2 heterocycles. The molecule has 1 N–H and O–H groups in total. The molecule has 0 atom stereocenters. The van der Waals surface area contributed by atoms with E-state index >= 15 is 0 Å². The van der Waals surface area contributed by atoms with E-state index in [1.807, 2.05) is 60.7 Å². The van der Waals surface area contributed by atoms with Crippen LogP contribution in [-0.2, 0) is 17.1 Å². The molecule has 0 amide bonds.